The van der Waals surface area contributed by atoms with E-state index < -0.39 is 5.82 Å². The fourth-order valence-electron chi connectivity index (χ4n) is 1.19. The lowest BCUT2D eigenvalue weighted by Gasteiger charge is -2.14. The highest BCUT2D eigenvalue weighted by atomic mass is 79.9. The molecule has 0 saturated heterocycles. The van der Waals surface area contributed by atoms with Crippen LogP contribution < -0.4 is 5.32 Å². The minimum Gasteiger partial charge on any atom is -0.351 e. The van der Waals surface area contributed by atoms with Crippen LogP contribution in [0.3, 0.4) is 0 Å². The van der Waals surface area contributed by atoms with Crippen molar-refractivity contribution in [2.45, 2.75) is 18.7 Å². The van der Waals surface area contributed by atoms with E-state index >= 15 is 0 Å². The maximum atomic E-state index is 13.5. The first-order valence-corrected chi connectivity index (χ1v) is 7.00. The first-order valence-electron chi connectivity index (χ1n) is 5.29. The summed E-state index contributed by atoms with van der Waals surface area (Å²) in [7, 11) is 0. The summed E-state index contributed by atoms with van der Waals surface area (Å²) in [6.45, 7) is 4.57. The van der Waals surface area contributed by atoms with E-state index in [2.05, 4.69) is 37.2 Å². The third kappa shape index (κ3) is 4.39. The maximum Gasteiger partial charge on any atom is 0.254 e. The zero-order valence-corrected chi connectivity index (χ0v) is 12.8. The van der Waals surface area contributed by atoms with Crippen molar-refractivity contribution in [3.05, 3.63) is 34.1 Å². The van der Waals surface area contributed by atoms with Crippen LogP contribution in [-0.4, -0.2) is 17.3 Å². The second-order valence-electron chi connectivity index (χ2n) is 4.09. The molecule has 0 aliphatic heterocycles. The van der Waals surface area contributed by atoms with Gasteiger partial charge in [0.25, 0.3) is 5.91 Å². The fourth-order valence-corrected chi connectivity index (χ4v) is 1.69. The van der Waals surface area contributed by atoms with E-state index in [9.17, 15) is 9.18 Å². The molecular weight excluding hydrogens is 353 g/mol. The topological polar surface area (TPSA) is 29.1 Å². The van der Waals surface area contributed by atoms with Crippen molar-refractivity contribution < 1.29 is 9.18 Å². The Labute approximate surface area is 117 Å². The number of carbonyl (C=O) groups excluding carboxylic acids is 1. The number of nitrogens with one attached hydrogen (secondary N) is 1. The molecule has 1 unspecified atom stereocenters. The molecule has 1 N–H and O–H groups in total. The summed E-state index contributed by atoms with van der Waals surface area (Å²) in [6.07, 6.45) is 0. The average Bonchev–Trinajstić information content (AvgIpc) is 2.25. The normalized spacial score (nSPS) is 12.6. The molecule has 0 radical (unpaired) electrons. The molecule has 17 heavy (non-hydrogen) atoms. The van der Waals surface area contributed by atoms with Crippen molar-refractivity contribution in [1.29, 1.82) is 0 Å². The predicted octanol–water partition coefficient (Wildman–Crippen LogP) is 3.74. The van der Waals surface area contributed by atoms with Gasteiger partial charge in [-0.2, -0.15) is 0 Å². The van der Waals surface area contributed by atoms with Gasteiger partial charge in [-0.05, 0) is 24.1 Å². The first-order chi connectivity index (χ1) is 7.91. The molecule has 1 rings (SSSR count). The Hall–Kier alpha value is -0.420. The highest BCUT2D eigenvalue weighted by Crippen LogP contribution is 2.15. The van der Waals surface area contributed by atoms with Gasteiger partial charge in [-0.1, -0.05) is 45.7 Å². The van der Waals surface area contributed by atoms with E-state index in [1.807, 2.05) is 13.8 Å². The molecule has 0 saturated carbocycles. The van der Waals surface area contributed by atoms with Crippen LogP contribution >= 0.6 is 31.9 Å². The molecule has 0 bridgehead atoms. The second-order valence-corrected chi connectivity index (χ2v) is 6.19. The summed E-state index contributed by atoms with van der Waals surface area (Å²) in [5.41, 5.74) is 0.0663. The molecule has 0 aliphatic rings. The van der Waals surface area contributed by atoms with E-state index in [0.29, 0.717) is 16.9 Å². The minimum atomic E-state index is -0.521. The van der Waals surface area contributed by atoms with Crippen LogP contribution in [0, 0.1) is 11.7 Å². The Morgan fingerprint density at radius 3 is 2.65 bits per heavy atom. The standard InChI is InChI=1S/C12H14Br2FNO/c1-7(2)10(14)6-16-12(17)9-4-3-8(13)5-11(9)15/h3-5,7,10H,6H2,1-2H3,(H,16,17). The van der Waals surface area contributed by atoms with Crippen LogP contribution in [0.25, 0.3) is 0 Å². The monoisotopic (exact) mass is 365 g/mol. The summed E-state index contributed by atoms with van der Waals surface area (Å²) in [5.74, 6) is -0.502. The Kier molecular flexibility index (Phi) is 5.59. The van der Waals surface area contributed by atoms with Crippen LogP contribution in [0.1, 0.15) is 24.2 Å². The van der Waals surface area contributed by atoms with E-state index in [-0.39, 0.29) is 16.3 Å². The third-order valence-corrected chi connectivity index (χ3v) is 4.23. The molecule has 5 heteroatoms. The fraction of sp³-hybridized carbons (Fsp3) is 0.417. The number of benzene rings is 1. The molecular formula is C12H14Br2FNO. The third-order valence-electron chi connectivity index (χ3n) is 2.36. The molecule has 0 fully saturated rings. The SMILES string of the molecule is CC(C)C(Br)CNC(=O)c1ccc(Br)cc1F. The lowest BCUT2D eigenvalue weighted by Crippen LogP contribution is -2.32. The lowest BCUT2D eigenvalue weighted by molar-refractivity contribution is 0.0949. The van der Waals surface area contributed by atoms with E-state index in [4.69, 9.17) is 0 Å². The van der Waals surface area contributed by atoms with Crippen molar-refractivity contribution in [3.8, 4) is 0 Å². The van der Waals surface area contributed by atoms with Crippen molar-refractivity contribution in [2.75, 3.05) is 6.54 Å². The number of carbonyl (C=O) groups is 1. The molecule has 1 aromatic rings. The number of halogens is 3. The molecule has 1 amide bonds. The summed E-state index contributed by atoms with van der Waals surface area (Å²) >= 11 is 6.60. The maximum absolute atomic E-state index is 13.5. The number of hydrogen-bond acceptors (Lipinski definition) is 1. The Morgan fingerprint density at radius 2 is 2.12 bits per heavy atom. The van der Waals surface area contributed by atoms with Crippen molar-refractivity contribution in [1.82, 2.24) is 5.32 Å². The van der Waals surface area contributed by atoms with Gasteiger partial charge in [0.15, 0.2) is 0 Å². The van der Waals surface area contributed by atoms with Crippen LogP contribution in [0.4, 0.5) is 4.39 Å². The van der Waals surface area contributed by atoms with Crippen LogP contribution in [0.15, 0.2) is 22.7 Å². The molecule has 0 spiro atoms. The number of rotatable bonds is 4. The van der Waals surface area contributed by atoms with Gasteiger partial charge in [0.05, 0.1) is 5.56 Å². The van der Waals surface area contributed by atoms with Crippen molar-refractivity contribution >= 4 is 37.8 Å². The van der Waals surface area contributed by atoms with Gasteiger partial charge in [-0.3, -0.25) is 4.79 Å². The van der Waals surface area contributed by atoms with E-state index in [1.54, 1.807) is 6.07 Å². The minimum absolute atomic E-state index is 0.0663. The molecule has 0 aliphatic carbocycles. The molecule has 94 valence electrons. The number of hydrogen-bond donors (Lipinski definition) is 1. The zero-order valence-electron chi connectivity index (χ0n) is 9.64. The van der Waals surface area contributed by atoms with E-state index in [1.165, 1.54) is 12.1 Å². The van der Waals surface area contributed by atoms with Crippen molar-refractivity contribution in [3.63, 3.8) is 0 Å². The summed E-state index contributed by atoms with van der Waals surface area (Å²) < 4.78 is 14.1. The largest absolute Gasteiger partial charge is 0.351 e. The highest BCUT2D eigenvalue weighted by molar-refractivity contribution is 9.10. The van der Waals surface area contributed by atoms with Crippen LogP contribution in [0.2, 0.25) is 0 Å². The number of alkyl halides is 1. The Balaban J connectivity index is 2.64. The zero-order chi connectivity index (χ0) is 13.0. The van der Waals surface area contributed by atoms with Gasteiger partial charge in [0.2, 0.25) is 0 Å². The summed E-state index contributed by atoms with van der Waals surface area (Å²) in [6, 6.07) is 4.39. The van der Waals surface area contributed by atoms with Crippen LogP contribution in [-0.2, 0) is 0 Å². The van der Waals surface area contributed by atoms with Gasteiger partial charge in [0, 0.05) is 15.8 Å². The predicted molar refractivity (Wildman–Crippen MR) is 74.0 cm³/mol. The smallest absolute Gasteiger partial charge is 0.254 e. The summed E-state index contributed by atoms with van der Waals surface area (Å²) in [4.78, 5) is 11.9. The Morgan fingerprint density at radius 1 is 1.47 bits per heavy atom. The van der Waals surface area contributed by atoms with Crippen molar-refractivity contribution in [2.24, 2.45) is 5.92 Å². The summed E-state index contributed by atoms with van der Waals surface area (Å²) in [5, 5.41) is 2.70. The molecule has 2 nitrogen and oxygen atoms in total. The molecule has 0 aromatic heterocycles. The van der Waals surface area contributed by atoms with Gasteiger partial charge in [0.1, 0.15) is 5.82 Å². The van der Waals surface area contributed by atoms with E-state index in [0.717, 1.165) is 0 Å². The second kappa shape index (κ2) is 6.50. The van der Waals surface area contributed by atoms with Gasteiger partial charge >= 0.3 is 0 Å². The molecule has 1 atom stereocenters. The van der Waals surface area contributed by atoms with Gasteiger partial charge in [-0.15, -0.1) is 0 Å². The molecule has 0 heterocycles. The van der Waals surface area contributed by atoms with Crippen LogP contribution in [0.5, 0.6) is 0 Å². The highest BCUT2D eigenvalue weighted by Gasteiger charge is 2.14. The quantitative estimate of drug-likeness (QED) is 0.808. The van der Waals surface area contributed by atoms with Gasteiger partial charge < -0.3 is 5.32 Å². The average molecular weight is 367 g/mol. The lowest BCUT2D eigenvalue weighted by atomic mass is 10.1. The molecule has 1 aromatic carbocycles. The number of amides is 1. The Bertz CT molecular complexity index is 409. The first kappa shape index (κ1) is 14.6. The van der Waals surface area contributed by atoms with Gasteiger partial charge in [-0.25, -0.2) is 4.39 Å².